The van der Waals surface area contributed by atoms with E-state index in [2.05, 4.69) is 9.97 Å². The van der Waals surface area contributed by atoms with E-state index in [1.165, 1.54) is 0 Å². The number of ether oxygens (including phenoxy) is 1. The van der Waals surface area contributed by atoms with Crippen LogP contribution in [0.25, 0.3) is 0 Å². The van der Waals surface area contributed by atoms with Crippen LogP contribution in [0, 0.1) is 13.8 Å². The van der Waals surface area contributed by atoms with Gasteiger partial charge in [0, 0.05) is 54.5 Å². The summed E-state index contributed by atoms with van der Waals surface area (Å²) in [6, 6.07) is 9.45. The summed E-state index contributed by atoms with van der Waals surface area (Å²) in [5, 5.41) is 0. The SMILES string of the molecule is Cc1cc(C(=O)N2CC3(CC(Oc4ccccn4)CS3)C2)cc(C)n1. The van der Waals surface area contributed by atoms with Gasteiger partial charge in [0.05, 0.1) is 4.75 Å². The number of likely N-dealkylation sites (tertiary alicyclic amines) is 1. The zero-order chi connectivity index (χ0) is 17.4. The van der Waals surface area contributed by atoms with Crippen molar-refractivity contribution in [2.75, 3.05) is 18.8 Å². The second-order valence-electron chi connectivity index (χ2n) is 6.91. The van der Waals surface area contributed by atoms with Crippen molar-refractivity contribution in [2.24, 2.45) is 0 Å². The molecule has 2 aromatic heterocycles. The lowest BCUT2D eigenvalue weighted by molar-refractivity contribution is 0.0515. The molecule has 0 aromatic carbocycles. The molecule has 2 saturated heterocycles. The molecule has 1 unspecified atom stereocenters. The highest BCUT2D eigenvalue weighted by Gasteiger charge is 2.51. The predicted octanol–water partition coefficient (Wildman–Crippen LogP) is 2.87. The predicted molar refractivity (Wildman–Crippen MR) is 98.1 cm³/mol. The molecule has 2 aromatic rings. The van der Waals surface area contributed by atoms with Gasteiger partial charge in [-0.1, -0.05) is 6.07 Å². The van der Waals surface area contributed by atoms with E-state index in [1.807, 2.05) is 60.8 Å². The van der Waals surface area contributed by atoms with Crippen LogP contribution in [0.3, 0.4) is 0 Å². The van der Waals surface area contributed by atoms with Crippen LogP contribution in [-0.4, -0.2) is 50.5 Å². The molecule has 6 heteroatoms. The molecular weight excluding hydrogens is 334 g/mol. The van der Waals surface area contributed by atoms with Gasteiger partial charge in [0.25, 0.3) is 5.91 Å². The fourth-order valence-electron chi connectivity index (χ4n) is 3.62. The molecule has 25 heavy (non-hydrogen) atoms. The number of aryl methyl sites for hydroxylation is 2. The van der Waals surface area contributed by atoms with Crippen molar-refractivity contribution in [1.29, 1.82) is 0 Å². The van der Waals surface area contributed by atoms with Gasteiger partial charge in [-0.25, -0.2) is 4.98 Å². The average Bonchev–Trinajstić information content (AvgIpc) is 2.97. The average molecular weight is 355 g/mol. The number of pyridine rings is 2. The Labute approximate surface area is 151 Å². The summed E-state index contributed by atoms with van der Waals surface area (Å²) < 4.78 is 6.12. The molecule has 4 rings (SSSR count). The first-order chi connectivity index (χ1) is 12.0. The Morgan fingerprint density at radius 3 is 2.72 bits per heavy atom. The Kier molecular flexibility index (Phi) is 4.15. The Morgan fingerprint density at radius 1 is 1.28 bits per heavy atom. The number of nitrogens with zero attached hydrogens (tertiary/aromatic N) is 3. The molecular formula is C19H21N3O2S. The molecule has 1 amide bonds. The second kappa shape index (κ2) is 6.33. The first-order valence-corrected chi connectivity index (χ1v) is 9.48. The number of hydrogen-bond acceptors (Lipinski definition) is 5. The minimum absolute atomic E-state index is 0.105. The zero-order valence-electron chi connectivity index (χ0n) is 14.4. The maximum atomic E-state index is 12.7. The van der Waals surface area contributed by atoms with E-state index in [0.29, 0.717) is 5.88 Å². The van der Waals surface area contributed by atoms with Crippen molar-refractivity contribution < 1.29 is 9.53 Å². The highest BCUT2D eigenvalue weighted by atomic mass is 32.2. The Morgan fingerprint density at radius 2 is 2.04 bits per heavy atom. The molecule has 1 atom stereocenters. The minimum Gasteiger partial charge on any atom is -0.473 e. The standard InChI is InChI=1S/C19H21N3O2S/c1-13-7-15(8-14(2)21-13)18(23)22-11-19(12-22)9-16(10-25-19)24-17-5-3-4-6-20-17/h3-8,16H,9-12H2,1-2H3. The van der Waals surface area contributed by atoms with Crippen LogP contribution >= 0.6 is 11.8 Å². The number of amides is 1. The summed E-state index contributed by atoms with van der Waals surface area (Å²) in [7, 11) is 0. The number of hydrogen-bond donors (Lipinski definition) is 0. The largest absolute Gasteiger partial charge is 0.473 e. The molecule has 0 radical (unpaired) electrons. The van der Waals surface area contributed by atoms with Gasteiger partial charge in [-0.3, -0.25) is 9.78 Å². The van der Waals surface area contributed by atoms with Crippen LogP contribution in [0.15, 0.2) is 36.5 Å². The molecule has 0 N–H and O–H groups in total. The smallest absolute Gasteiger partial charge is 0.254 e. The summed E-state index contributed by atoms with van der Waals surface area (Å²) >= 11 is 1.92. The van der Waals surface area contributed by atoms with Gasteiger partial charge in [0.1, 0.15) is 6.10 Å². The van der Waals surface area contributed by atoms with Gasteiger partial charge < -0.3 is 9.64 Å². The van der Waals surface area contributed by atoms with E-state index in [4.69, 9.17) is 4.74 Å². The summed E-state index contributed by atoms with van der Waals surface area (Å²) in [5.74, 6) is 1.74. The monoisotopic (exact) mass is 355 g/mol. The zero-order valence-corrected chi connectivity index (χ0v) is 15.3. The van der Waals surface area contributed by atoms with Gasteiger partial charge in [-0.2, -0.15) is 0 Å². The van der Waals surface area contributed by atoms with E-state index >= 15 is 0 Å². The number of carbonyl (C=O) groups excluding carboxylic acids is 1. The lowest BCUT2D eigenvalue weighted by Crippen LogP contribution is -2.60. The van der Waals surface area contributed by atoms with Crippen molar-refractivity contribution in [1.82, 2.24) is 14.9 Å². The Hall–Kier alpha value is -2.08. The van der Waals surface area contributed by atoms with Crippen molar-refractivity contribution in [3.63, 3.8) is 0 Å². The van der Waals surface area contributed by atoms with E-state index in [-0.39, 0.29) is 16.8 Å². The van der Waals surface area contributed by atoms with Gasteiger partial charge in [0.2, 0.25) is 5.88 Å². The third-order valence-corrected chi connectivity index (χ3v) is 6.25. The van der Waals surface area contributed by atoms with Crippen LogP contribution in [0.5, 0.6) is 5.88 Å². The lowest BCUT2D eigenvalue weighted by atomic mass is 9.92. The fourth-order valence-corrected chi connectivity index (χ4v) is 5.14. The molecule has 4 heterocycles. The molecule has 0 aliphatic carbocycles. The van der Waals surface area contributed by atoms with E-state index in [0.717, 1.165) is 42.2 Å². The van der Waals surface area contributed by atoms with Gasteiger partial charge in [-0.05, 0) is 32.0 Å². The van der Waals surface area contributed by atoms with Crippen LogP contribution in [0.1, 0.15) is 28.2 Å². The number of rotatable bonds is 3. The van der Waals surface area contributed by atoms with Crippen LogP contribution in [0.2, 0.25) is 0 Å². The van der Waals surface area contributed by atoms with Crippen molar-refractivity contribution in [3.05, 3.63) is 53.5 Å². The molecule has 130 valence electrons. The lowest BCUT2D eigenvalue weighted by Gasteiger charge is -2.47. The summed E-state index contributed by atoms with van der Waals surface area (Å²) in [6.07, 6.45) is 2.88. The maximum Gasteiger partial charge on any atom is 0.254 e. The highest BCUT2D eigenvalue weighted by Crippen LogP contribution is 2.46. The molecule has 2 fully saturated rings. The van der Waals surface area contributed by atoms with Crippen LogP contribution in [0.4, 0.5) is 0 Å². The molecule has 2 aliphatic rings. The molecule has 5 nitrogen and oxygen atoms in total. The molecule has 2 aliphatic heterocycles. The number of thioether (sulfide) groups is 1. The molecule has 0 bridgehead atoms. The first kappa shape index (κ1) is 16.4. The first-order valence-electron chi connectivity index (χ1n) is 8.49. The Balaban J connectivity index is 1.36. The third kappa shape index (κ3) is 3.35. The van der Waals surface area contributed by atoms with Gasteiger partial charge in [0.15, 0.2) is 0 Å². The van der Waals surface area contributed by atoms with Crippen molar-refractivity contribution in [3.8, 4) is 5.88 Å². The highest BCUT2D eigenvalue weighted by molar-refractivity contribution is 8.01. The topological polar surface area (TPSA) is 55.3 Å². The normalized spacial score (nSPS) is 21.2. The van der Waals surface area contributed by atoms with Crippen molar-refractivity contribution in [2.45, 2.75) is 31.1 Å². The quantitative estimate of drug-likeness (QED) is 0.847. The third-order valence-electron chi connectivity index (χ3n) is 4.67. The minimum atomic E-state index is 0.105. The van der Waals surface area contributed by atoms with Gasteiger partial charge in [-0.15, -0.1) is 11.8 Å². The van der Waals surface area contributed by atoms with E-state index < -0.39 is 0 Å². The second-order valence-corrected chi connectivity index (χ2v) is 8.39. The fraction of sp³-hybridized carbons (Fsp3) is 0.421. The summed E-state index contributed by atoms with van der Waals surface area (Å²) in [6.45, 7) is 5.43. The van der Waals surface area contributed by atoms with Crippen LogP contribution < -0.4 is 4.74 Å². The number of carbonyl (C=O) groups is 1. The maximum absolute atomic E-state index is 12.7. The van der Waals surface area contributed by atoms with Gasteiger partial charge >= 0.3 is 0 Å². The van der Waals surface area contributed by atoms with Crippen molar-refractivity contribution >= 4 is 17.7 Å². The molecule has 1 spiro atoms. The molecule has 0 saturated carbocycles. The summed E-state index contributed by atoms with van der Waals surface area (Å²) in [5.41, 5.74) is 2.51. The van der Waals surface area contributed by atoms with E-state index in [9.17, 15) is 4.79 Å². The summed E-state index contributed by atoms with van der Waals surface area (Å²) in [4.78, 5) is 23.2. The Bertz CT molecular complexity index is 770. The van der Waals surface area contributed by atoms with E-state index in [1.54, 1.807) is 6.20 Å². The number of aromatic nitrogens is 2. The van der Waals surface area contributed by atoms with Crippen LogP contribution in [-0.2, 0) is 0 Å².